The van der Waals surface area contributed by atoms with Crippen LogP contribution in [0.15, 0.2) is 47.6 Å². The Hall–Kier alpha value is -2.40. The number of ether oxygens (including phenoxy) is 1. The smallest absolute Gasteiger partial charge is 0.271 e. The first kappa shape index (κ1) is 16.0. The van der Waals surface area contributed by atoms with E-state index in [1.54, 1.807) is 49.6 Å². The number of hydrogen-bond donors (Lipinski definition) is 1. The molecule has 0 radical (unpaired) electrons. The molecule has 2 rings (SSSR count). The lowest BCUT2D eigenvalue weighted by molar-refractivity contribution is 0.0955. The Morgan fingerprint density at radius 1 is 1.32 bits per heavy atom. The number of halogens is 1. The highest BCUT2D eigenvalue weighted by atomic mass is 127. The number of methoxy groups -OCH3 is 1. The van der Waals surface area contributed by atoms with E-state index in [9.17, 15) is 4.79 Å². The fourth-order valence-corrected chi connectivity index (χ4v) is 2.23. The standard InChI is InChI=1S/C16H12IN3O2/c1-22-15-8-13(6-7-14(15)17)16(21)20-19-10-12-4-2-11(9-18)3-5-12/h2-8,10H,1H3,(H,20,21). The van der Waals surface area contributed by atoms with Gasteiger partial charge in [-0.05, 0) is 58.5 Å². The van der Waals surface area contributed by atoms with E-state index in [0.717, 1.165) is 9.13 Å². The first-order valence-electron chi connectivity index (χ1n) is 6.31. The number of amides is 1. The van der Waals surface area contributed by atoms with E-state index in [2.05, 4.69) is 33.1 Å². The first-order chi connectivity index (χ1) is 10.6. The molecule has 0 saturated carbocycles. The Balaban J connectivity index is 2.02. The molecular weight excluding hydrogens is 393 g/mol. The van der Waals surface area contributed by atoms with Crippen molar-refractivity contribution in [1.29, 1.82) is 5.26 Å². The number of nitrogens with one attached hydrogen (secondary N) is 1. The van der Waals surface area contributed by atoms with E-state index in [1.807, 2.05) is 6.07 Å². The summed E-state index contributed by atoms with van der Waals surface area (Å²) in [6, 6.07) is 14.1. The minimum absolute atomic E-state index is 0.320. The Bertz CT molecular complexity index is 749. The largest absolute Gasteiger partial charge is 0.496 e. The van der Waals surface area contributed by atoms with Crippen molar-refractivity contribution in [3.8, 4) is 11.8 Å². The highest BCUT2D eigenvalue weighted by Gasteiger charge is 2.08. The van der Waals surface area contributed by atoms with Crippen LogP contribution in [0.4, 0.5) is 0 Å². The fourth-order valence-electron chi connectivity index (χ4n) is 1.67. The lowest BCUT2D eigenvalue weighted by atomic mass is 10.2. The Morgan fingerprint density at radius 3 is 2.68 bits per heavy atom. The average molecular weight is 405 g/mol. The zero-order chi connectivity index (χ0) is 15.9. The molecular formula is C16H12IN3O2. The molecule has 0 atom stereocenters. The van der Waals surface area contributed by atoms with Gasteiger partial charge in [0.15, 0.2) is 0 Å². The second kappa shape index (κ2) is 7.56. The number of hydrazone groups is 1. The predicted octanol–water partition coefficient (Wildman–Crippen LogP) is 2.94. The van der Waals surface area contributed by atoms with Crippen LogP contribution in [0.25, 0.3) is 0 Å². The van der Waals surface area contributed by atoms with Crippen molar-refractivity contribution in [3.05, 3.63) is 62.7 Å². The number of carbonyl (C=O) groups is 1. The van der Waals surface area contributed by atoms with Crippen molar-refractivity contribution < 1.29 is 9.53 Å². The molecule has 22 heavy (non-hydrogen) atoms. The number of carbonyl (C=O) groups excluding carboxylic acids is 1. The molecule has 0 spiro atoms. The zero-order valence-corrected chi connectivity index (χ0v) is 13.9. The number of nitrogens with zero attached hydrogens (tertiary/aromatic N) is 2. The van der Waals surface area contributed by atoms with Gasteiger partial charge in [-0.2, -0.15) is 10.4 Å². The van der Waals surface area contributed by atoms with Gasteiger partial charge in [0, 0.05) is 5.56 Å². The van der Waals surface area contributed by atoms with Crippen LogP contribution in [0.2, 0.25) is 0 Å². The van der Waals surface area contributed by atoms with Crippen LogP contribution >= 0.6 is 22.6 Å². The van der Waals surface area contributed by atoms with Gasteiger partial charge in [-0.3, -0.25) is 4.79 Å². The van der Waals surface area contributed by atoms with Crippen molar-refractivity contribution in [3.63, 3.8) is 0 Å². The lowest BCUT2D eigenvalue weighted by Gasteiger charge is -2.05. The van der Waals surface area contributed by atoms with Gasteiger partial charge < -0.3 is 4.74 Å². The van der Waals surface area contributed by atoms with Crippen LogP contribution in [0.5, 0.6) is 5.75 Å². The zero-order valence-electron chi connectivity index (χ0n) is 11.7. The Kier molecular flexibility index (Phi) is 5.49. The van der Waals surface area contributed by atoms with Crippen molar-refractivity contribution in [2.24, 2.45) is 5.10 Å². The van der Waals surface area contributed by atoms with Gasteiger partial charge in [-0.15, -0.1) is 0 Å². The Labute approximate surface area is 141 Å². The number of rotatable bonds is 4. The van der Waals surface area contributed by atoms with Gasteiger partial charge >= 0.3 is 0 Å². The molecule has 1 N–H and O–H groups in total. The third-order valence-corrected chi connectivity index (χ3v) is 3.72. The minimum atomic E-state index is -0.320. The highest BCUT2D eigenvalue weighted by Crippen LogP contribution is 2.21. The molecule has 0 heterocycles. The molecule has 6 heteroatoms. The van der Waals surface area contributed by atoms with Crippen LogP contribution in [-0.2, 0) is 0 Å². The minimum Gasteiger partial charge on any atom is -0.496 e. The van der Waals surface area contributed by atoms with Gasteiger partial charge in [0.2, 0.25) is 0 Å². The third-order valence-electron chi connectivity index (χ3n) is 2.83. The third kappa shape index (κ3) is 4.05. The maximum absolute atomic E-state index is 12.0. The summed E-state index contributed by atoms with van der Waals surface area (Å²) in [6.45, 7) is 0. The van der Waals surface area contributed by atoms with Crippen LogP contribution in [-0.4, -0.2) is 19.2 Å². The summed E-state index contributed by atoms with van der Waals surface area (Å²) in [5.41, 5.74) is 4.29. The summed E-state index contributed by atoms with van der Waals surface area (Å²) in [4.78, 5) is 12.0. The highest BCUT2D eigenvalue weighted by molar-refractivity contribution is 14.1. The fraction of sp³-hybridized carbons (Fsp3) is 0.0625. The molecule has 0 unspecified atom stereocenters. The van der Waals surface area contributed by atoms with Crippen LogP contribution in [0, 0.1) is 14.9 Å². The second-order valence-corrected chi connectivity index (χ2v) is 5.44. The predicted molar refractivity (Wildman–Crippen MR) is 91.9 cm³/mol. The summed E-state index contributed by atoms with van der Waals surface area (Å²) in [5, 5.41) is 12.6. The van der Waals surface area contributed by atoms with Crippen LogP contribution in [0.3, 0.4) is 0 Å². The molecule has 1 amide bonds. The molecule has 0 bridgehead atoms. The monoisotopic (exact) mass is 405 g/mol. The summed E-state index contributed by atoms with van der Waals surface area (Å²) in [5.74, 6) is 0.323. The van der Waals surface area contributed by atoms with Crippen LogP contribution in [0.1, 0.15) is 21.5 Å². The average Bonchev–Trinajstić information content (AvgIpc) is 2.55. The van der Waals surface area contributed by atoms with Gasteiger partial charge in [0.05, 0.1) is 28.5 Å². The molecule has 0 aromatic heterocycles. The maximum atomic E-state index is 12.0. The quantitative estimate of drug-likeness (QED) is 0.483. The molecule has 2 aromatic carbocycles. The molecule has 0 aliphatic rings. The normalized spacial score (nSPS) is 10.2. The summed E-state index contributed by atoms with van der Waals surface area (Å²) >= 11 is 2.13. The Morgan fingerprint density at radius 2 is 2.05 bits per heavy atom. The second-order valence-electron chi connectivity index (χ2n) is 4.28. The first-order valence-corrected chi connectivity index (χ1v) is 7.39. The molecule has 110 valence electrons. The van der Waals surface area contributed by atoms with Gasteiger partial charge in [0.25, 0.3) is 5.91 Å². The molecule has 2 aromatic rings. The van der Waals surface area contributed by atoms with Gasteiger partial charge in [-0.1, -0.05) is 12.1 Å². The van der Waals surface area contributed by atoms with Crippen molar-refractivity contribution in [2.45, 2.75) is 0 Å². The number of hydrogen-bond acceptors (Lipinski definition) is 4. The topological polar surface area (TPSA) is 74.5 Å². The molecule has 0 fully saturated rings. The van der Waals surface area contributed by atoms with Crippen molar-refractivity contribution in [1.82, 2.24) is 5.43 Å². The SMILES string of the molecule is COc1cc(C(=O)NN=Cc2ccc(C#N)cc2)ccc1I. The van der Waals surface area contributed by atoms with Gasteiger partial charge in [0.1, 0.15) is 5.75 Å². The van der Waals surface area contributed by atoms with Crippen molar-refractivity contribution >= 4 is 34.7 Å². The van der Waals surface area contributed by atoms with E-state index in [4.69, 9.17) is 10.00 Å². The number of nitriles is 1. The van der Waals surface area contributed by atoms with E-state index in [1.165, 1.54) is 6.21 Å². The molecule has 5 nitrogen and oxygen atoms in total. The summed E-state index contributed by atoms with van der Waals surface area (Å²) < 4.78 is 6.11. The van der Waals surface area contributed by atoms with Crippen LogP contribution < -0.4 is 10.2 Å². The molecule has 0 aliphatic heterocycles. The lowest BCUT2D eigenvalue weighted by Crippen LogP contribution is -2.17. The van der Waals surface area contributed by atoms with Crippen molar-refractivity contribution in [2.75, 3.05) is 7.11 Å². The molecule has 0 saturated heterocycles. The number of benzene rings is 2. The summed E-state index contributed by atoms with van der Waals surface area (Å²) in [7, 11) is 1.56. The van der Waals surface area contributed by atoms with E-state index >= 15 is 0 Å². The maximum Gasteiger partial charge on any atom is 0.271 e. The van der Waals surface area contributed by atoms with Gasteiger partial charge in [-0.25, -0.2) is 5.43 Å². The van der Waals surface area contributed by atoms with E-state index in [-0.39, 0.29) is 5.91 Å². The van der Waals surface area contributed by atoms with E-state index in [0.29, 0.717) is 16.9 Å². The summed E-state index contributed by atoms with van der Waals surface area (Å²) in [6.07, 6.45) is 1.52. The molecule has 0 aliphatic carbocycles. The van der Waals surface area contributed by atoms with E-state index < -0.39 is 0 Å².